The highest BCUT2D eigenvalue weighted by Crippen LogP contribution is 2.29. The molecule has 18 heavy (non-hydrogen) atoms. The largest absolute Gasteiger partial charge is 0.370 e. The molecule has 1 aromatic rings. The third-order valence-electron chi connectivity index (χ3n) is 3.23. The molecule has 1 aliphatic rings. The second kappa shape index (κ2) is 5.56. The highest BCUT2D eigenvalue weighted by molar-refractivity contribution is 9.10. The van der Waals surface area contributed by atoms with E-state index in [4.69, 9.17) is 5.73 Å². The molecule has 1 fully saturated rings. The Labute approximate surface area is 115 Å². The number of pyridine rings is 1. The molecule has 0 saturated carbocycles. The van der Waals surface area contributed by atoms with Crippen molar-refractivity contribution in [1.82, 2.24) is 10.3 Å². The molecule has 6 heteroatoms. The molecule has 0 radical (unpaired) electrons. The van der Waals surface area contributed by atoms with E-state index in [2.05, 4.69) is 31.1 Å². The summed E-state index contributed by atoms with van der Waals surface area (Å²) in [5.74, 6) is 0. The average Bonchev–Trinajstić information content (AvgIpc) is 2.33. The number of urea groups is 1. The summed E-state index contributed by atoms with van der Waals surface area (Å²) in [6.45, 7) is 3.80. The summed E-state index contributed by atoms with van der Waals surface area (Å²) in [7, 11) is 0. The predicted octanol–water partition coefficient (Wildman–Crippen LogP) is 1.79. The van der Waals surface area contributed by atoms with Gasteiger partial charge in [-0.1, -0.05) is 0 Å². The lowest BCUT2D eigenvalue weighted by molar-refractivity contribution is 0.242. The van der Waals surface area contributed by atoms with Crippen LogP contribution in [0.4, 0.5) is 10.5 Å². The van der Waals surface area contributed by atoms with Gasteiger partial charge in [0.25, 0.3) is 0 Å². The normalized spacial score (nSPS) is 16.7. The summed E-state index contributed by atoms with van der Waals surface area (Å²) < 4.78 is 1.05. The number of hydrogen-bond donors (Lipinski definition) is 2. The molecule has 0 aliphatic carbocycles. The van der Waals surface area contributed by atoms with E-state index in [1.165, 1.54) is 5.69 Å². The molecule has 2 amide bonds. The van der Waals surface area contributed by atoms with Gasteiger partial charge in [-0.15, -0.1) is 0 Å². The van der Waals surface area contributed by atoms with Crippen molar-refractivity contribution in [1.29, 1.82) is 0 Å². The Bertz CT molecular complexity index is 444. The van der Waals surface area contributed by atoms with Crippen molar-refractivity contribution >= 4 is 27.6 Å². The summed E-state index contributed by atoms with van der Waals surface area (Å²) in [6.07, 6.45) is 3.65. The molecule has 1 aliphatic heterocycles. The zero-order chi connectivity index (χ0) is 13.1. The smallest absolute Gasteiger partial charge is 0.312 e. The third-order valence-corrected chi connectivity index (χ3v) is 4.21. The number of nitrogens with two attached hydrogens (primary N) is 1. The Morgan fingerprint density at radius 1 is 1.56 bits per heavy atom. The molecule has 0 bridgehead atoms. The zero-order valence-electron chi connectivity index (χ0n) is 10.3. The SMILES string of the molecule is Cc1nccc(N2CCC(NC(N)=O)CC2)c1Br. The summed E-state index contributed by atoms with van der Waals surface area (Å²) in [5.41, 5.74) is 7.29. The van der Waals surface area contributed by atoms with Gasteiger partial charge in [0.1, 0.15) is 0 Å². The topological polar surface area (TPSA) is 71.2 Å². The Morgan fingerprint density at radius 3 is 2.83 bits per heavy atom. The maximum Gasteiger partial charge on any atom is 0.312 e. The number of nitrogens with one attached hydrogen (secondary N) is 1. The first-order valence-corrected chi connectivity index (χ1v) is 6.79. The number of hydrogen-bond acceptors (Lipinski definition) is 3. The van der Waals surface area contributed by atoms with E-state index >= 15 is 0 Å². The number of halogens is 1. The number of nitrogens with zero attached hydrogens (tertiary/aromatic N) is 2. The molecular weight excluding hydrogens is 296 g/mol. The number of rotatable bonds is 2. The van der Waals surface area contributed by atoms with Crippen LogP contribution in [-0.4, -0.2) is 30.1 Å². The molecule has 0 aromatic carbocycles. The lowest BCUT2D eigenvalue weighted by atomic mass is 10.0. The minimum atomic E-state index is -0.436. The van der Waals surface area contributed by atoms with Gasteiger partial charge in [0.05, 0.1) is 15.9 Å². The van der Waals surface area contributed by atoms with Gasteiger partial charge in [0.15, 0.2) is 0 Å². The first kappa shape index (κ1) is 13.1. The van der Waals surface area contributed by atoms with Crippen LogP contribution in [-0.2, 0) is 0 Å². The maximum atomic E-state index is 10.8. The molecule has 1 saturated heterocycles. The lowest BCUT2D eigenvalue weighted by Gasteiger charge is -2.34. The minimum absolute atomic E-state index is 0.195. The van der Waals surface area contributed by atoms with E-state index in [9.17, 15) is 4.79 Å². The molecule has 3 N–H and O–H groups in total. The van der Waals surface area contributed by atoms with Gasteiger partial charge in [-0.2, -0.15) is 0 Å². The van der Waals surface area contributed by atoms with Gasteiger partial charge in [-0.3, -0.25) is 4.98 Å². The van der Waals surface area contributed by atoms with Crippen molar-refractivity contribution in [3.8, 4) is 0 Å². The summed E-state index contributed by atoms with van der Waals surface area (Å²) >= 11 is 3.58. The standard InChI is InChI=1S/C12H17BrN4O/c1-8-11(13)10(2-5-15-8)17-6-3-9(4-7-17)16-12(14)18/h2,5,9H,3-4,6-7H2,1H3,(H3,14,16,18). The van der Waals surface area contributed by atoms with Gasteiger partial charge in [-0.05, 0) is 41.8 Å². The van der Waals surface area contributed by atoms with Crippen LogP contribution in [0.25, 0.3) is 0 Å². The molecule has 1 aromatic heterocycles. The number of carbonyl (C=O) groups is 1. The van der Waals surface area contributed by atoms with E-state index in [1.54, 1.807) is 0 Å². The fourth-order valence-electron chi connectivity index (χ4n) is 2.24. The van der Waals surface area contributed by atoms with Crippen molar-refractivity contribution in [2.45, 2.75) is 25.8 Å². The number of anilines is 1. The summed E-state index contributed by atoms with van der Waals surface area (Å²) in [5, 5.41) is 2.77. The van der Waals surface area contributed by atoms with E-state index in [1.807, 2.05) is 19.2 Å². The third kappa shape index (κ3) is 2.93. The van der Waals surface area contributed by atoms with E-state index in [-0.39, 0.29) is 6.04 Å². The van der Waals surface area contributed by atoms with Crippen LogP contribution in [0.2, 0.25) is 0 Å². The quantitative estimate of drug-likeness (QED) is 0.874. The molecule has 5 nitrogen and oxygen atoms in total. The number of piperidine rings is 1. The molecule has 2 heterocycles. The van der Waals surface area contributed by atoms with Gasteiger partial charge < -0.3 is 16.0 Å². The van der Waals surface area contributed by atoms with Crippen LogP contribution in [0.15, 0.2) is 16.7 Å². The summed E-state index contributed by atoms with van der Waals surface area (Å²) in [6, 6.07) is 1.77. The molecule has 0 unspecified atom stereocenters. The fraction of sp³-hybridized carbons (Fsp3) is 0.500. The zero-order valence-corrected chi connectivity index (χ0v) is 11.9. The van der Waals surface area contributed by atoms with Crippen molar-refractivity contribution in [2.75, 3.05) is 18.0 Å². The number of carbonyl (C=O) groups excluding carboxylic acids is 1. The van der Waals surface area contributed by atoms with Gasteiger partial charge in [0, 0.05) is 25.3 Å². The van der Waals surface area contributed by atoms with Crippen LogP contribution in [0, 0.1) is 6.92 Å². The van der Waals surface area contributed by atoms with Gasteiger partial charge in [0.2, 0.25) is 0 Å². The predicted molar refractivity (Wildman–Crippen MR) is 74.6 cm³/mol. The Balaban J connectivity index is 2.01. The number of primary amides is 1. The van der Waals surface area contributed by atoms with Gasteiger partial charge >= 0.3 is 6.03 Å². The maximum absolute atomic E-state index is 10.8. The number of amides is 2. The summed E-state index contributed by atoms with van der Waals surface area (Å²) in [4.78, 5) is 17.3. The highest BCUT2D eigenvalue weighted by atomic mass is 79.9. The molecule has 0 atom stereocenters. The van der Waals surface area contributed by atoms with Crippen molar-refractivity contribution < 1.29 is 4.79 Å². The van der Waals surface area contributed by atoms with Crippen molar-refractivity contribution in [3.63, 3.8) is 0 Å². The Hall–Kier alpha value is -1.30. The van der Waals surface area contributed by atoms with Crippen molar-refractivity contribution in [2.24, 2.45) is 5.73 Å². The van der Waals surface area contributed by atoms with Crippen LogP contribution in [0.5, 0.6) is 0 Å². The van der Waals surface area contributed by atoms with E-state index < -0.39 is 6.03 Å². The minimum Gasteiger partial charge on any atom is -0.370 e. The van der Waals surface area contributed by atoms with Crippen LogP contribution >= 0.6 is 15.9 Å². The van der Waals surface area contributed by atoms with E-state index in [0.29, 0.717) is 0 Å². The lowest BCUT2D eigenvalue weighted by Crippen LogP contribution is -2.46. The molecule has 98 valence electrons. The molecule has 0 spiro atoms. The molecular formula is C12H17BrN4O. The second-order valence-corrected chi connectivity index (χ2v) is 5.29. The molecule has 2 rings (SSSR count). The van der Waals surface area contributed by atoms with E-state index in [0.717, 1.165) is 36.1 Å². The first-order valence-electron chi connectivity index (χ1n) is 6.00. The number of aryl methyl sites for hydroxylation is 1. The first-order chi connectivity index (χ1) is 8.58. The monoisotopic (exact) mass is 312 g/mol. The van der Waals surface area contributed by atoms with Crippen LogP contribution < -0.4 is 16.0 Å². The van der Waals surface area contributed by atoms with Crippen LogP contribution in [0.1, 0.15) is 18.5 Å². The van der Waals surface area contributed by atoms with Crippen molar-refractivity contribution in [3.05, 3.63) is 22.4 Å². The van der Waals surface area contributed by atoms with Crippen LogP contribution in [0.3, 0.4) is 0 Å². The number of aromatic nitrogens is 1. The second-order valence-electron chi connectivity index (χ2n) is 4.50. The Morgan fingerprint density at radius 2 is 2.22 bits per heavy atom. The Kier molecular flexibility index (Phi) is 4.06. The highest BCUT2D eigenvalue weighted by Gasteiger charge is 2.21. The average molecular weight is 313 g/mol. The van der Waals surface area contributed by atoms with Gasteiger partial charge in [-0.25, -0.2) is 4.79 Å². The fourth-order valence-corrected chi connectivity index (χ4v) is 2.73.